The fourth-order valence-electron chi connectivity index (χ4n) is 4.26. The van der Waals surface area contributed by atoms with Crippen molar-refractivity contribution in [2.45, 2.75) is 37.9 Å². The predicted molar refractivity (Wildman–Crippen MR) is 99.4 cm³/mol. The van der Waals surface area contributed by atoms with E-state index in [1.165, 1.54) is 16.5 Å². The van der Waals surface area contributed by atoms with Gasteiger partial charge in [-0.3, -0.25) is 4.90 Å². The molecule has 0 spiro atoms. The minimum atomic E-state index is 0.355. The second kappa shape index (κ2) is 6.98. The monoisotopic (exact) mass is 338 g/mol. The lowest BCUT2D eigenvalue weighted by molar-refractivity contribution is 0.0855. The van der Waals surface area contributed by atoms with Crippen molar-refractivity contribution >= 4 is 10.9 Å². The molecule has 6 nitrogen and oxygen atoms in total. The van der Waals surface area contributed by atoms with Gasteiger partial charge in [-0.25, -0.2) is 0 Å². The zero-order valence-corrected chi connectivity index (χ0v) is 14.9. The van der Waals surface area contributed by atoms with E-state index in [1.54, 1.807) is 0 Å². The maximum atomic E-state index is 4.01. The summed E-state index contributed by atoms with van der Waals surface area (Å²) in [6, 6.07) is 9.76. The zero-order valence-electron chi connectivity index (χ0n) is 14.9. The van der Waals surface area contributed by atoms with Gasteiger partial charge in [-0.05, 0) is 38.1 Å². The molecule has 1 fully saturated rings. The number of piperidine rings is 1. The highest BCUT2D eigenvalue weighted by atomic mass is 15.3. The van der Waals surface area contributed by atoms with Crippen LogP contribution in [0, 0.1) is 0 Å². The van der Waals surface area contributed by atoms with Crippen LogP contribution in [0.3, 0.4) is 0 Å². The van der Waals surface area contributed by atoms with Crippen LogP contribution in [0.5, 0.6) is 0 Å². The Morgan fingerprint density at radius 2 is 2.04 bits per heavy atom. The van der Waals surface area contributed by atoms with Gasteiger partial charge in [-0.2, -0.15) is 0 Å². The van der Waals surface area contributed by atoms with E-state index >= 15 is 0 Å². The van der Waals surface area contributed by atoms with Crippen molar-refractivity contribution in [2.24, 2.45) is 0 Å². The van der Waals surface area contributed by atoms with Crippen LogP contribution in [-0.2, 0) is 0 Å². The molecule has 25 heavy (non-hydrogen) atoms. The molecule has 1 saturated heterocycles. The van der Waals surface area contributed by atoms with Gasteiger partial charge in [0.2, 0.25) is 0 Å². The smallest absolute Gasteiger partial charge is 0.119 e. The third kappa shape index (κ3) is 2.96. The Kier molecular flexibility index (Phi) is 4.55. The van der Waals surface area contributed by atoms with E-state index in [1.807, 2.05) is 12.7 Å². The van der Waals surface area contributed by atoms with Crippen molar-refractivity contribution in [3.8, 4) is 0 Å². The molecule has 3 atom stereocenters. The van der Waals surface area contributed by atoms with Crippen LogP contribution < -0.4 is 5.32 Å². The first-order chi connectivity index (χ1) is 12.3. The number of likely N-dealkylation sites (N-methyl/N-ethyl adjacent to an activating group) is 1. The summed E-state index contributed by atoms with van der Waals surface area (Å²) in [4.78, 5) is 6.07. The Balaban J connectivity index is 1.69. The van der Waals surface area contributed by atoms with Crippen molar-refractivity contribution in [1.82, 2.24) is 30.0 Å². The lowest BCUT2D eigenvalue weighted by atomic mass is 9.88. The second-order valence-electron chi connectivity index (χ2n) is 6.91. The molecule has 0 amide bonds. The molecule has 2 aromatic heterocycles. The highest BCUT2D eigenvalue weighted by Gasteiger charge is 2.37. The number of hydrogen-bond acceptors (Lipinski definition) is 4. The molecule has 1 aliphatic heterocycles. The number of aromatic nitrogens is 4. The highest BCUT2D eigenvalue weighted by Crippen LogP contribution is 2.38. The number of hydrogen-bond donors (Lipinski definition) is 2. The highest BCUT2D eigenvalue weighted by molar-refractivity contribution is 5.83. The summed E-state index contributed by atoms with van der Waals surface area (Å²) in [5.41, 5.74) is 2.63. The topological polar surface area (TPSA) is 61.8 Å². The molecule has 0 radical (unpaired) electrons. The van der Waals surface area contributed by atoms with Gasteiger partial charge < -0.3 is 14.9 Å². The van der Waals surface area contributed by atoms with E-state index in [0.29, 0.717) is 18.1 Å². The van der Waals surface area contributed by atoms with Crippen molar-refractivity contribution < 1.29 is 0 Å². The third-order valence-corrected chi connectivity index (χ3v) is 5.49. The molecular formula is C19H26N6. The second-order valence-corrected chi connectivity index (χ2v) is 6.91. The number of aromatic amines is 1. The minimum absolute atomic E-state index is 0.355. The molecule has 3 unspecified atom stereocenters. The summed E-state index contributed by atoms with van der Waals surface area (Å²) in [6.07, 6.45) is 8.10. The number of nitrogens with zero attached hydrogens (tertiary/aromatic N) is 4. The fourth-order valence-corrected chi connectivity index (χ4v) is 4.26. The molecular weight excluding hydrogens is 312 g/mol. The Labute approximate surface area is 148 Å². The normalized spacial score (nSPS) is 24.8. The van der Waals surface area contributed by atoms with Gasteiger partial charge in [-0.15, -0.1) is 10.2 Å². The van der Waals surface area contributed by atoms with Crippen molar-refractivity contribution in [3.05, 3.63) is 48.7 Å². The van der Waals surface area contributed by atoms with E-state index in [9.17, 15) is 0 Å². The maximum Gasteiger partial charge on any atom is 0.119 e. The summed E-state index contributed by atoms with van der Waals surface area (Å²) in [5, 5.41) is 12.9. The van der Waals surface area contributed by atoms with Crippen LogP contribution in [0.2, 0.25) is 0 Å². The van der Waals surface area contributed by atoms with Gasteiger partial charge in [0, 0.05) is 35.7 Å². The van der Waals surface area contributed by atoms with Crippen molar-refractivity contribution in [3.63, 3.8) is 0 Å². The number of fused-ring (bicyclic) bond motifs is 1. The molecule has 0 aliphatic carbocycles. The molecule has 1 aromatic carbocycles. The zero-order chi connectivity index (χ0) is 17.2. The molecule has 3 aromatic rings. The van der Waals surface area contributed by atoms with E-state index in [-0.39, 0.29) is 0 Å². The van der Waals surface area contributed by atoms with Crippen molar-refractivity contribution in [1.29, 1.82) is 0 Å². The molecule has 0 bridgehead atoms. The van der Waals surface area contributed by atoms with E-state index in [2.05, 4.69) is 74.4 Å². The standard InChI is InChI=1S/C19H26N6/c1-3-8-24-11-19(25-12-22-23-13-25)17(20-2)9-18(24)15-10-21-16-7-5-4-6-14(15)16/h4-7,10,12-13,17-21H,3,8-9,11H2,1-2H3. The number of H-pyrrole nitrogens is 1. The molecule has 132 valence electrons. The van der Waals surface area contributed by atoms with Crippen LogP contribution in [0.25, 0.3) is 10.9 Å². The SMILES string of the molecule is CCCN1CC(n2cnnc2)C(NC)CC1c1c[nH]c2ccccc12. The molecule has 6 heteroatoms. The fraction of sp³-hybridized carbons (Fsp3) is 0.474. The Morgan fingerprint density at radius 3 is 2.80 bits per heavy atom. The molecule has 4 rings (SSSR count). The molecule has 2 N–H and O–H groups in total. The number of benzene rings is 1. The lowest BCUT2D eigenvalue weighted by Crippen LogP contribution is -2.50. The first-order valence-corrected chi connectivity index (χ1v) is 9.13. The van der Waals surface area contributed by atoms with Crippen LogP contribution >= 0.6 is 0 Å². The summed E-state index contributed by atoms with van der Waals surface area (Å²) in [6.45, 7) is 4.35. The summed E-state index contributed by atoms with van der Waals surface area (Å²) >= 11 is 0. The number of rotatable bonds is 5. The average molecular weight is 338 g/mol. The van der Waals surface area contributed by atoms with E-state index in [0.717, 1.165) is 25.9 Å². The van der Waals surface area contributed by atoms with Gasteiger partial charge in [0.15, 0.2) is 0 Å². The Hall–Kier alpha value is -2.18. The summed E-state index contributed by atoms with van der Waals surface area (Å²) < 4.78 is 2.15. The Morgan fingerprint density at radius 1 is 1.24 bits per heavy atom. The Bertz CT molecular complexity index is 808. The number of nitrogens with one attached hydrogen (secondary N) is 2. The summed E-state index contributed by atoms with van der Waals surface area (Å²) in [7, 11) is 2.06. The number of para-hydroxylation sites is 1. The minimum Gasteiger partial charge on any atom is -0.361 e. The van der Waals surface area contributed by atoms with Crippen LogP contribution in [0.4, 0.5) is 0 Å². The molecule has 1 aliphatic rings. The maximum absolute atomic E-state index is 4.01. The average Bonchev–Trinajstić information content (AvgIpc) is 3.31. The van der Waals surface area contributed by atoms with Gasteiger partial charge in [0.1, 0.15) is 12.7 Å². The van der Waals surface area contributed by atoms with Gasteiger partial charge in [-0.1, -0.05) is 25.1 Å². The van der Waals surface area contributed by atoms with E-state index in [4.69, 9.17) is 0 Å². The van der Waals surface area contributed by atoms with Crippen molar-refractivity contribution in [2.75, 3.05) is 20.1 Å². The lowest BCUT2D eigenvalue weighted by Gasteiger charge is -2.44. The molecule has 0 saturated carbocycles. The van der Waals surface area contributed by atoms with E-state index < -0.39 is 0 Å². The first kappa shape index (κ1) is 16.3. The predicted octanol–water partition coefficient (Wildman–Crippen LogP) is 2.75. The number of likely N-dealkylation sites (tertiary alicyclic amines) is 1. The van der Waals surface area contributed by atoms with Gasteiger partial charge >= 0.3 is 0 Å². The van der Waals surface area contributed by atoms with Crippen LogP contribution in [-0.4, -0.2) is 50.8 Å². The quantitative estimate of drug-likeness (QED) is 0.751. The van der Waals surface area contributed by atoms with Crippen LogP contribution in [0.15, 0.2) is 43.1 Å². The third-order valence-electron chi connectivity index (χ3n) is 5.49. The molecule has 3 heterocycles. The largest absolute Gasteiger partial charge is 0.361 e. The van der Waals surface area contributed by atoms with Gasteiger partial charge in [0.05, 0.1) is 6.04 Å². The first-order valence-electron chi connectivity index (χ1n) is 9.13. The van der Waals surface area contributed by atoms with Crippen LogP contribution in [0.1, 0.15) is 37.4 Å². The summed E-state index contributed by atoms with van der Waals surface area (Å²) in [5.74, 6) is 0. The van der Waals surface area contributed by atoms with Gasteiger partial charge in [0.25, 0.3) is 0 Å².